The molecule has 37 heavy (non-hydrogen) atoms. The number of rotatable bonds is 2. The summed E-state index contributed by atoms with van der Waals surface area (Å²) in [5.41, 5.74) is 6.05. The van der Waals surface area contributed by atoms with Crippen molar-refractivity contribution in [1.82, 2.24) is 9.80 Å². The first-order valence-electron chi connectivity index (χ1n) is 13.8. The predicted molar refractivity (Wildman–Crippen MR) is 154 cm³/mol. The molecule has 1 aromatic rings. The Bertz CT molecular complexity index is 1160. The van der Waals surface area contributed by atoms with E-state index < -0.39 is 0 Å². The molecule has 1 N–H and O–H groups in total. The summed E-state index contributed by atoms with van der Waals surface area (Å²) in [4.78, 5) is 28.8. The Kier molecular flexibility index (Phi) is 8.85. The lowest BCUT2D eigenvalue weighted by atomic mass is 9.95. The Morgan fingerprint density at radius 3 is 2.70 bits per heavy atom. The minimum Gasteiger partial charge on any atom is -0.508 e. The molecule has 0 aromatic heterocycles. The van der Waals surface area contributed by atoms with E-state index in [4.69, 9.17) is 9.98 Å². The number of phenolic OH excluding ortho intramolecular Hbond substituents is 1. The molecule has 0 spiro atoms. The number of hydrogen-bond acceptors (Lipinski definition) is 6. The lowest BCUT2D eigenvalue weighted by Gasteiger charge is -2.36. The van der Waals surface area contributed by atoms with Gasteiger partial charge in [-0.15, -0.1) is 0 Å². The summed E-state index contributed by atoms with van der Waals surface area (Å²) in [6.45, 7) is 13.5. The third kappa shape index (κ3) is 5.97. The summed E-state index contributed by atoms with van der Waals surface area (Å²) < 4.78 is 0. The third-order valence-corrected chi connectivity index (χ3v) is 7.36. The van der Waals surface area contributed by atoms with E-state index in [-0.39, 0.29) is 5.91 Å². The standard InChI is InChI=1S/C28H35N5O2.C2H6/c1-3-27(35)31-11-7-12-32(15-14-31)28-25-10-13-33(19-22(25)18-29-20(2)30-28)26-17-23(34)16-21-8-5-4-6-9-24(21)26;1-2/h4-6,8,16-17,34H,3,7,9-15,18-19H2,1-2H3;1-2H3. The monoisotopic (exact) mass is 503 g/mol. The average Bonchev–Trinajstić information content (AvgIpc) is 3.37. The normalized spacial score (nSPS) is 19.5. The third-order valence-electron chi connectivity index (χ3n) is 7.36. The molecule has 0 unspecified atom stereocenters. The molecule has 1 aromatic carbocycles. The Hall–Kier alpha value is -3.35. The van der Waals surface area contributed by atoms with E-state index in [1.807, 2.05) is 50.8 Å². The number of amidine groups is 2. The molecule has 0 bridgehead atoms. The van der Waals surface area contributed by atoms with Gasteiger partial charge in [-0.1, -0.05) is 45.1 Å². The number of anilines is 1. The fraction of sp³-hybridized carbons (Fsp3) is 0.500. The largest absolute Gasteiger partial charge is 0.508 e. The van der Waals surface area contributed by atoms with Crippen LogP contribution in [0.1, 0.15) is 58.1 Å². The number of amides is 1. The zero-order valence-corrected chi connectivity index (χ0v) is 22.8. The zero-order chi connectivity index (χ0) is 26.4. The molecule has 1 saturated heterocycles. The van der Waals surface area contributed by atoms with E-state index in [0.717, 1.165) is 81.5 Å². The average molecular weight is 504 g/mol. The van der Waals surface area contributed by atoms with Gasteiger partial charge in [0.15, 0.2) is 0 Å². The molecule has 1 fully saturated rings. The molecule has 198 valence electrons. The number of aliphatic imine (C=N–C) groups is 2. The van der Waals surface area contributed by atoms with E-state index in [9.17, 15) is 9.90 Å². The summed E-state index contributed by atoms with van der Waals surface area (Å²) in [6.07, 6.45) is 11.6. The fourth-order valence-electron chi connectivity index (χ4n) is 5.52. The van der Waals surface area contributed by atoms with Crippen LogP contribution >= 0.6 is 0 Å². The molecule has 3 heterocycles. The van der Waals surface area contributed by atoms with Crippen molar-refractivity contribution in [1.29, 1.82) is 0 Å². The summed E-state index contributed by atoms with van der Waals surface area (Å²) >= 11 is 0. The SMILES string of the molecule is CC.CCC(=O)N1CCCN(C2=NC(C)=NCC3=C2CCN(c2cc(O)cc4c2CC=CC=C4)C3)CC1. The Morgan fingerprint density at radius 1 is 1.05 bits per heavy atom. The zero-order valence-electron chi connectivity index (χ0n) is 22.8. The van der Waals surface area contributed by atoms with Crippen LogP contribution in [0.2, 0.25) is 0 Å². The van der Waals surface area contributed by atoms with Crippen molar-refractivity contribution in [3.63, 3.8) is 0 Å². The molecule has 0 radical (unpaired) electrons. The van der Waals surface area contributed by atoms with Crippen LogP contribution in [0.25, 0.3) is 6.08 Å². The first kappa shape index (κ1) is 26.7. The van der Waals surface area contributed by atoms with Crippen molar-refractivity contribution in [2.75, 3.05) is 50.7 Å². The lowest BCUT2D eigenvalue weighted by Crippen LogP contribution is -2.41. The molecular weight excluding hydrogens is 462 g/mol. The molecule has 0 atom stereocenters. The number of aromatic hydroxyl groups is 1. The minimum atomic E-state index is 0.232. The van der Waals surface area contributed by atoms with Gasteiger partial charge in [-0.05, 0) is 54.5 Å². The van der Waals surface area contributed by atoms with Crippen molar-refractivity contribution >= 4 is 29.3 Å². The van der Waals surface area contributed by atoms with Crippen molar-refractivity contribution in [2.24, 2.45) is 9.98 Å². The maximum absolute atomic E-state index is 12.3. The number of carbonyl (C=O) groups is 1. The fourth-order valence-corrected chi connectivity index (χ4v) is 5.52. The van der Waals surface area contributed by atoms with Crippen LogP contribution in [0.4, 0.5) is 5.69 Å². The smallest absolute Gasteiger partial charge is 0.222 e. The highest BCUT2D eigenvalue weighted by Gasteiger charge is 2.30. The van der Waals surface area contributed by atoms with Gasteiger partial charge >= 0.3 is 0 Å². The molecule has 1 amide bonds. The molecule has 7 nitrogen and oxygen atoms in total. The Labute approximate surface area is 221 Å². The van der Waals surface area contributed by atoms with Crippen LogP contribution in [-0.2, 0) is 11.2 Å². The van der Waals surface area contributed by atoms with Gasteiger partial charge in [0.2, 0.25) is 5.91 Å². The van der Waals surface area contributed by atoms with E-state index in [1.165, 1.54) is 16.7 Å². The van der Waals surface area contributed by atoms with E-state index >= 15 is 0 Å². The first-order valence-corrected chi connectivity index (χ1v) is 13.8. The highest BCUT2D eigenvalue weighted by Crippen LogP contribution is 2.35. The quantitative estimate of drug-likeness (QED) is 0.628. The van der Waals surface area contributed by atoms with Gasteiger partial charge in [0.05, 0.1) is 6.54 Å². The maximum Gasteiger partial charge on any atom is 0.222 e. The van der Waals surface area contributed by atoms with E-state index in [1.54, 1.807) is 0 Å². The van der Waals surface area contributed by atoms with Crippen molar-refractivity contribution in [2.45, 2.75) is 53.4 Å². The highest BCUT2D eigenvalue weighted by molar-refractivity contribution is 6.07. The van der Waals surface area contributed by atoms with Crippen LogP contribution in [0.5, 0.6) is 5.75 Å². The lowest BCUT2D eigenvalue weighted by molar-refractivity contribution is -0.130. The van der Waals surface area contributed by atoms with Gasteiger partial charge in [-0.2, -0.15) is 0 Å². The number of benzene rings is 1. The predicted octanol–water partition coefficient (Wildman–Crippen LogP) is 4.83. The molecule has 7 heteroatoms. The number of phenols is 1. The Morgan fingerprint density at radius 2 is 1.89 bits per heavy atom. The van der Waals surface area contributed by atoms with Gasteiger partial charge < -0.3 is 19.8 Å². The molecule has 4 aliphatic rings. The second kappa shape index (κ2) is 12.3. The molecular formula is C30H41N5O2. The summed E-state index contributed by atoms with van der Waals surface area (Å²) in [5, 5.41) is 10.5. The molecule has 5 rings (SSSR count). The van der Waals surface area contributed by atoms with E-state index in [0.29, 0.717) is 18.7 Å². The first-order chi connectivity index (χ1) is 18.0. The molecule has 3 aliphatic heterocycles. The van der Waals surface area contributed by atoms with Gasteiger partial charge in [0.1, 0.15) is 17.4 Å². The number of nitrogens with zero attached hydrogens (tertiary/aromatic N) is 5. The van der Waals surface area contributed by atoms with Crippen LogP contribution in [0, 0.1) is 0 Å². The number of fused-ring (bicyclic) bond motifs is 1. The number of hydrogen-bond donors (Lipinski definition) is 1. The van der Waals surface area contributed by atoms with Gasteiger partial charge in [-0.25, -0.2) is 4.99 Å². The van der Waals surface area contributed by atoms with Crippen molar-refractivity contribution in [3.05, 3.63) is 52.6 Å². The van der Waals surface area contributed by atoms with Crippen molar-refractivity contribution in [3.8, 4) is 5.75 Å². The summed E-state index contributed by atoms with van der Waals surface area (Å²) in [6, 6.07) is 3.76. The second-order valence-electron chi connectivity index (χ2n) is 9.65. The van der Waals surface area contributed by atoms with Crippen LogP contribution in [0.15, 0.2) is 51.5 Å². The van der Waals surface area contributed by atoms with Gasteiger partial charge in [0.25, 0.3) is 0 Å². The summed E-state index contributed by atoms with van der Waals surface area (Å²) in [7, 11) is 0. The van der Waals surface area contributed by atoms with Crippen molar-refractivity contribution < 1.29 is 9.90 Å². The summed E-state index contributed by atoms with van der Waals surface area (Å²) in [5.74, 6) is 2.39. The molecule has 1 aliphatic carbocycles. The highest BCUT2D eigenvalue weighted by atomic mass is 16.3. The number of carbonyl (C=O) groups excluding carboxylic acids is 1. The topological polar surface area (TPSA) is 71.7 Å². The van der Waals surface area contributed by atoms with Crippen LogP contribution in [-0.4, -0.2) is 78.3 Å². The maximum atomic E-state index is 12.3. The van der Waals surface area contributed by atoms with Gasteiger partial charge in [-0.3, -0.25) is 9.79 Å². The van der Waals surface area contributed by atoms with Gasteiger partial charge in [0, 0.05) is 57.4 Å². The molecule has 0 saturated carbocycles. The van der Waals surface area contributed by atoms with E-state index in [2.05, 4.69) is 28.0 Å². The van der Waals surface area contributed by atoms with Crippen LogP contribution < -0.4 is 4.90 Å². The minimum absolute atomic E-state index is 0.232. The Balaban J connectivity index is 0.00000156. The number of allylic oxidation sites excluding steroid dienone is 3. The van der Waals surface area contributed by atoms with Crippen LogP contribution in [0.3, 0.4) is 0 Å². The second-order valence-corrected chi connectivity index (χ2v) is 9.65.